The molecule has 0 unspecified atom stereocenters. The first kappa shape index (κ1) is 12.7. The first-order valence-corrected chi connectivity index (χ1v) is 5.21. The van der Waals surface area contributed by atoms with Gasteiger partial charge >= 0.3 is 0 Å². The van der Waals surface area contributed by atoms with Gasteiger partial charge in [0.15, 0.2) is 0 Å². The van der Waals surface area contributed by atoms with Crippen molar-refractivity contribution in [1.29, 1.82) is 0 Å². The van der Waals surface area contributed by atoms with E-state index >= 15 is 0 Å². The lowest BCUT2D eigenvalue weighted by Gasteiger charge is -2.27. The number of azide groups is 1. The van der Waals surface area contributed by atoms with Crippen molar-refractivity contribution in [3.8, 4) is 0 Å². The van der Waals surface area contributed by atoms with Crippen LogP contribution in [0.3, 0.4) is 0 Å². The molecule has 0 aromatic carbocycles. The molecule has 1 aliphatic carbocycles. The average molecular weight is 232 g/mol. The van der Waals surface area contributed by atoms with Crippen molar-refractivity contribution in [2.75, 3.05) is 13.1 Å². The van der Waals surface area contributed by atoms with Crippen molar-refractivity contribution >= 4 is 5.91 Å². The highest BCUT2D eigenvalue weighted by molar-refractivity contribution is 5.78. The van der Waals surface area contributed by atoms with Gasteiger partial charge in [-0.25, -0.2) is 8.78 Å². The van der Waals surface area contributed by atoms with Crippen molar-refractivity contribution in [1.82, 2.24) is 5.32 Å². The highest BCUT2D eigenvalue weighted by Crippen LogP contribution is 2.35. The summed E-state index contributed by atoms with van der Waals surface area (Å²) in [5.74, 6) is -3.16. The summed E-state index contributed by atoms with van der Waals surface area (Å²) < 4.78 is 25.6. The average Bonchev–Trinajstić information content (AvgIpc) is 2.24. The maximum absolute atomic E-state index is 12.8. The van der Waals surface area contributed by atoms with Crippen LogP contribution >= 0.6 is 0 Å². The molecule has 0 atom stereocenters. The van der Waals surface area contributed by atoms with E-state index in [1.165, 1.54) is 0 Å². The first-order valence-electron chi connectivity index (χ1n) is 5.21. The summed E-state index contributed by atoms with van der Waals surface area (Å²) in [6, 6.07) is 0. The van der Waals surface area contributed by atoms with E-state index in [0.717, 1.165) is 0 Å². The second-order valence-electron chi connectivity index (χ2n) is 3.88. The van der Waals surface area contributed by atoms with E-state index in [4.69, 9.17) is 5.53 Å². The summed E-state index contributed by atoms with van der Waals surface area (Å²) >= 11 is 0. The van der Waals surface area contributed by atoms with Gasteiger partial charge in [0.25, 0.3) is 0 Å². The van der Waals surface area contributed by atoms with Crippen molar-refractivity contribution in [3.05, 3.63) is 10.4 Å². The van der Waals surface area contributed by atoms with Crippen LogP contribution in [-0.2, 0) is 4.79 Å². The van der Waals surface area contributed by atoms with Gasteiger partial charge in [-0.3, -0.25) is 4.79 Å². The third-order valence-corrected chi connectivity index (χ3v) is 2.66. The summed E-state index contributed by atoms with van der Waals surface area (Å²) in [6.07, 6.45) is 0.00354. The molecule has 0 aliphatic heterocycles. The third kappa shape index (κ3) is 4.02. The van der Waals surface area contributed by atoms with Gasteiger partial charge in [-0.2, -0.15) is 0 Å². The van der Waals surface area contributed by atoms with Gasteiger partial charge in [-0.05, 0) is 18.4 Å². The fourth-order valence-electron chi connectivity index (χ4n) is 1.72. The Balaban J connectivity index is 2.25. The molecule has 0 bridgehead atoms. The second kappa shape index (κ2) is 5.65. The molecular formula is C9H14F2N4O. The van der Waals surface area contributed by atoms with Crippen LogP contribution < -0.4 is 5.32 Å². The highest BCUT2D eigenvalue weighted by atomic mass is 19.3. The number of nitrogens with zero attached hydrogens (tertiary/aromatic N) is 3. The predicted molar refractivity (Wildman–Crippen MR) is 53.9 cm³/mol. The Morgan fingerprint density at radius 2 is 2.12 bits per heavy atom. The maximum atomic E-state index is 12.8. The van der Waals surface area contributed by atoms with Crippen molar-refractivity contribution in [2.24, 2.45) is 11.0 Å². The molecule has 5 nitrogen and oxygen atoms in total. The quantitative estimate of drug-likeness (QED) is 0.343. The van der Waals surface area contributed by atoms with Gasteiger partial charge < -0.3 is 5.32 Å². The number of hydrogen-bond acceptors (Lipinski definition) is 2. The zero-order valence-electron chi connectivity index (χ0n) is 8.83. The lowest BCUT2D eigenvalue weighted by atomic mass is 9.86. The number of carbonyl (C=O) groups excluding carboxylic acids is 1. The number of rotatable bonds is 4. The molecule has 1 N–H and O–H groups in total. The zero-order chi connectivity index (χ0) is 12.0. The molecule has 7 heteroatoms. The lowest BCUT2D eigenvalue weighted by Crippen LogP contribution is -2.36. The van der Waals surface area contributed by atoms with Crippen LogP contribution in [0.25, 0.3) is 10.4 Å². The Labute approximate surface area is 91.8 Å². The molecule has 16 heavy (non-hydrogen) atoms. The number of alkyl halides is 2. The van der Waals surface area contributed by atoms with Crippen molar-refractivity contribution < 1.29 is 13.6 Å². The van der Waals surface area contributed by atoms with E-state index in [2.05, 4.69) is 15.3 Å². The van der Waals surface area contributed by atoms with Gasteiger partial charge in [0, 0.05) is 36.8 Å². The Bertz CT molecular complexity index is 292. The topological polar surface area (TPSA) is 77.9 Å². The standard InChI is InChI=1S/C9H14F2N4O/c10-9(11)3-1-7(2-4-9)8(16)13-5-6-14-15-12/h7H,1-6H2,(H,13,16). The van der Waals surface area contributed by atoms with Gasteiger partial charge in [0.1, 0.15) is 0 Å². The molecule has 0 aromatic heterocycles. The predicted octanol–water partition coefficient (Wildman–Crippen LogP) is 2.24. The molecule has 1 saturated carbocycles. The third-order valence-electron chi connectivity index (χ3n) is 2.66. The smallest absolute Gasteiger partial charge is 0.248 e. The van der Waals surface area contributed by atoms with Crippen LogP contribution in [-0.4, -0.2) is 24.9 Å². The van der Waals surface area contributed by atoms with Crippen LogP contribution in [0.4, 0.5) is 8.78 Å². The largest absolute Gasteiger partial charge is 0.356 e. The van der Waals surface area contributed by atoms with E-state index in [9.17, 15) is 13.6 Å². The fourth-order valence-corrected chi connectivity index (χ4v) is 1.72. The molecule has 90 valence electrons. The second-order valence-corrected chi connectivity index (χ2v) is 3.88. The van der Waals surface area contributed by atoms with E-state index in [-0.39, 0.29) is 50.6 Å². The Morgan fingerprint density at radius 1 is 1.50 bits per heavy atom. The van der Waals surface area contributed by atoms with E-state index < -0.39 is 5.92 Å². The molecule has 1 rings (SSSR count). The number of carbonyl (C=O) groups is 1. The van der Waals surface area contributed by atoms with Crippen LogP contribution in [0.15, 0.2) is 5.11 Å². The van der Waals surface area contributed by atoms with Crippen LogP contribution in [0.2, 0.25) is 0 Å². The number of nitrogens with one attached hydrogen (secondary N) is 1. The summed E-state index contributed by atoms with van der Waals surface area (Å²) in [5, 5.41) is 5.82. The zero-order valence-corrected chi connectivity index (χ0v) is 8.83. The maximum Gasteiger partial charge on any atom is 0.248 e. The van der Waals surface area contributed by atoms with Gasteiger partial charge in [-0.15, -0.1) is 0 Å². The molecule has 0 spiro atoms. The Morgan fingerprint density at radius 3 is 2.69 bits per heavy atom. The van der Waals surface area contributed by atoms with Crippen LogP contribution in [0, 0.1) is 5.92 Å². The molecule has 0 radical (unpaired) electrons. The summed E-state index contributed by atoms with van der Waals surface area (Å²) in [7, 11) is 0. The molecule has 1 amide bonds. The first-order chi connectivity index (χ1) is 7.55. The van der Waals surface area contributed by atoms with E-state index in [1.807, 2.05) is 0 Å². The molecule has 0 heterocycles. The lowest BCUT2D eigenvalue weighted by molar-refractivity contribution is -0.129. The van der Waals surface area contributed by atoms with Crippen LogP contribution in [0.5, 0.6) is 0 Å². The number of halogens is 2. The van der Waals surface area contributed by atoms with Gasteiger partial charge in [0.05, 0.1) is 0 Å². The molecular weight excluding hydrogens is 218 g/mol. The molecule has 0 saturated heterocycles. The molecule has 0 aromatic rings. The Kier molecular flexibility index (Phi) is 4.49. The number of amides is 1. The van der Waals surface area contributed by atoms with Crippen molar-refractivity contribution in [3.63, 3.8) is 0 Å². The SMILES string of the molecule is [N-]=[N+]=NCCNC(=O)C1CCC(F)(F)CC1. The summed E-state index contributed by atoms with van der Waals surface area (Å²) in [5.41, 5.74) is 8.00. The van der Waals surface area contributed by atoms with Gasteiger partial charge in [0.2, 0.25) is 11.8 Å². The van der Waals surface area contributed by atoms with E-state index in [0.29, 0.717) is 0 Å². The Hall–Kier alpha value is -1.36. The summed E-state index contributed by atoms with van der Waals surface area (Å²) in [6.45, 7) is 0.445. The molecule has 1 aliphatic rings. The normalized spacial score (nSPS) is 19.9. The number of hydrogen-bond donors (Lipinski definition) is 1. The minimum Gasteiger partial charge on any atom is -0.356 e. The minimum atomic E-state index is -2.61. The monoisotopic (exact) mass is 232 g/mol. The molecule has 1 fully saturated rings. The summed E-state index contributed by atoms with van der Waals surface area (Å²) in [4.78, 5) is 14.0. The van der Waals surface area contributed by atoms with Gasteiger partial charge in [-0.1, -0.05) is 5.11 Å². The fraction of sp³-hybridized carbons (Fsp3) is 0.889. The van der Waals surface area contributed by atoms with Crippen molar-refractivity contribution in [2.45, 2.75) is 31.6 Å². The highest BCUT2D eigenvalue weighted by Gasteiger charge is 2.37. The van der Waals surface area contributed by atoms with Crippen LogP contribution in [0.1, 0.15) is 25.7 Å². The van der Waals surface area contributed by atoms with E-state index in [1.54, 1.807) is 0 Å². The minimum absolute atomic E-state index is 0.186.